The van der Waals surface area contributed by atoms with Crippen LogP contribution in [0, 0.1) is 0 Å². The van der Waals surface area contributed by atoms with Crippen molar-refractivity contribution in [1.82, 2.24) is 0 Å². The van der Waals surface area contributed by atoms with E-state index in [0.717, 1.165) is 73.1 Å². The molecule has 0 saturated heterocycles. The van der Waals surface area contributed by atoms with Crippen molar-refractivity contribution >= 4 is 44.2 Å². The molecule has 0 atom stereocenters. The predicted octanol–water partition coefficient (Wildman–Crippen LogP) is 17.2. The smallest absolute Gasteiger partial charge is 0.376 e. The molecule has 0 N–H and O–H groups in total. The predicted molar refractivity (Wildman–Crippen MR) is 279 cm³/mol. The van der Waals surface area contributed by atoms with Crippen LogP contribution in [0.5, 0.6) is 5.75 Å². The molecule has 0 heterocycles. The third kappa shape index (κ3) is 9.83. The molecule has 70 heavy (non-hydrogen) atoms. The van der Waals surface area contributed by atoms with E-state index in [0.29, 0.717) is 5.56 Å². The zero-order valence-corrected chi connectivity index (χ0v) is 38.3. The highest BCUT2D eigenvalue weighted by Crippen LogP contribution is 2.40. The van der Waals surface area contributed by atoms with Crippen LogP contribution in [0.2, 0.25) is 0 Å². The molecule has 9 heteroatoms. The molecule has 0 aliphatic rings. The summed E-state index contributed by atoms with van der Waals surface area (Å²) in [6, 6.07) is 87.3. The average Bonchev–Trinajstić information content (AvgIpc) is 3.41. The maximum atomic E-state index is 12.8. The van der Waals surface area contributed by atoms with E-state index in [1.165, 1.54) is 35.4 Å². The summed E-state index contributed by atoms with van der Waals surface area (Å²) in [6.07, 6.45) is 0. The van der Waals surface area contributed by atoms with Crippen LogP contribution in [-0.2, 0) is 10.1 Å². The molecule has 0 aliphatic carbocycles. The van der Waals surface area contributed by atoms with Crippen LogP contribution < -0.4 is 14.0 Å². The Kier molecular flexibility index (Phi) is 12.6. The van der Waals surface area contributed by atoms with Gasteiger partial charge in [0.05, 0.1) is 0 Å². The number of halogens is 3. The van der Waals surface area contributed by atoms with Crippen molar-refractivity contribution < 1.29 is 25.8 Å². The van der Waals surface area contributed by atoms with Gasteiger partial charge in [-0.25, -0.2) is 0 Å². The molecule has 10 rings (SSSR count). The molecule has 0 fully saturated rings. The molecule has 0 saturated carbocycles. The number of benzene rings is 10. The lowest BCUT2D eigenvalue weighted by atomic mass is 10.00. The van der Waals surface area contributed by atoms with Crippen molar-refractivity contribution in [1.29, 1.82) is 0 Å². The number of hydrogen-bond acceptors (Lipinski definition) is 5. The zero-order valence-electron chi connectivity index (χ0n) is 37.5. The minimum Gasteiger partial charge on any atom is -0.376 e. The molecule has 342 valence electrons. The van der Waals surface area contributed by atoms with Crippen LogP contribution in [-0.4, -0.2) is 13.9 Å². The largest absolute Gasteiger partial charge is 0.534 e. The fourth-order valence-corrected chi connectivity index (χ4v) is 8.94. The second kappa shape index (κ2) is 19.5. The maximum absolute atomic E-state index is 12.8. The summed E-state index contributed by atoms with van der Waals surface area (Å²) in [5.41, 5.74) is 11.0. The molecule has 0 aliphatic heterocycles. The topological polar surface area (TPSA) is 49.9 Å². The third-order valence-electron chi connectivity index (χ3n) is 12.1. The first-order valence-electron chi connectivity index (χ1n) is 22.5. The van der Waals surface area contributed by atoms with E-state index in [-0.39, 0.29) is 0 Å². The van der Waals surface area contributed by atoms with Crippen LogP contribution in [0.1, 0.15) is 0 Å². The molecule has 0 spiro atoms. The quantitative estimate of drug-likeness (QED) is 0.0851. The summed E-state index contributed by atoms with van der Waals surface area (Å²) in [7, 11) is -5.75. The van der Waals surface area contributed by atoms with Gasteiger partial charge >= 0.3 is 15.6 Å². The van der Waals surface area contributed by atoms with Gasteiger partial charge in [-0.2, -0.15) is 21.6 Å². The third-order valence-corrected chi connectivity index (χ3v) is 13.1. The van der Waals surface area contributed by atoms with E-state index in [1.807, 2.05) is 54.6 Å². The van der Waals surface area contributed by atoms with Crippen molar-refractivity contribution in [3.05, 3.63) is 261 Å². The molecule has 0 unspecified atom stereocenters. The lowest BCUT2D eigenvalue weighted by molar-refractivity contribution is -0.0500. The van der Waals surface area contributed by atoms with E-state index in [1.54, 1.807) is 0 Å². The molecular weight excluding hydrogens is 898 g/mol. The van der Waals surface area contributed by atoms with Crippen LogP contribution in [0.25, 0.3) is 55.6 Å². The Morgan fingerprint density at radius 2 is 0.471 bits per heavy atom. The van der Waals surface area contributed by atoms with E-state index >= 15 is 0 Å². The summed E-state index contributed by atoms with van der Waals surface area (Å²) < 4.78 is 65.4. The highest BCUT2D eigenvalue weighted by atomic mass is 32.2. The number of rotatable bonds is 13. The number of nitrogens with zero attached hydrogens (tertiary/aromatic N) is 2. The van der Waals surface area contributed by atoms with Crippen molar-refractivity contribution in [2.75, 3.05) is 9.80 Å². The lowest BCUT2D eigenvalue weighted by Gasteiger charge is -2.26. The molecular formula is C61H43F3N2O3S. The molecule has 0 radical (unpaired) electrons. The van der Waals surface area contributed by atoms with Gasteiger partial charge in [0, 0.05) is 34.1 Å². The Morgan fingerprint density at radius 3 is 0.729 bits per heavy atom. The molecule has 0 amide bonds. The Bertz CT molecular complexity index is 3350. The molecule has 0 bridgehead atoms. The van der Waals surface area contributed by atoms with Crippen LogP contribution in [0.4, 0.5) is 47.3 Å². The number of hydrogen-bond donors (Lipinski definition) is 0. The van der Waals surface area contributed by atoms with Crippen LogP contribution >= 0.6 is 0 Å². The summed E-state index contributed by atoms with van der Waals surface area (Å²) in [4.78, 5) is 4.51. The highest BCUT2D eigenvalue weighted by Gasteiger charge is 2.48. The fraction of sp³-hybridized carbons (Fsp3) is 0.0164. The monoisotopic (exact) mass is 940 g/mol. The van der Waals surface area contributed by atoms with Gasteiger partial charge in [0.25, 0.3) is 0 Å². The maximum Gasteiger partial charge on any atom is 0.534 e. The second-order valence-corrected chi connectivity index (χ2v) is 18.1. The highest BCUT2D eigenvalue weighted by molar-refractivity contribution is 7.88. The second-order valence-electron chi connectivity index (χ2n) is 16.6. The van der Waals surface area contributed by atoms with Crippen molar-refractivity contribution in [2.24, 2.45) is 0 Å². The van der Waals surface area contributed by atoms with Crippen LogP contribution in [0.3, 0.4) is 0 Å². The Labute approximate surface area is 405 Å². The van der Waals surface area contributed by atoms with Gasteiger partial charge in [0.1, 0.15) is 5.75 Å². The van der Waals surface area contributed by atoms with Gasteiger partial charge in [-0.15, -0.1) is 0 Å². The minimum absolute atomic E-state index is 0.421. The summed E-state index contributed by atoms with van der Waals surface area (Å²) in [5, 5.41) is 0. The summed E-state index contributed by atoms with van der Waals surface area (Å²) >= 11 is 0. The van der Waals surface area contributed by atoms with Crippen molar-refractivity contribution in [3.8, 4) is 61.4 Å². The van der Waals surface area contributed by atoms with Crippen molar-refractivity contribution in [2.45, 2.75) is 5.51 Å². The van der Waals surface area contributed by atoms with Gasteiger partial charge in [0.2, 0.25) is 0 Å². The Balaban J connectivity index is 0.880. The molecule has 10 aromatic carbocycles. The Hall–Kier alpha value is -8.66. The van der Waals surface area contributed by atoms with Gasteiger partial charge in [-0.3, -0.25) is 0 Å². The van der Waals surface area contributed by atoms with E-state index in [4.69, 9.17) is 0 Å². The SMILES string of the molecule is O=S(=O)(Oc1ccc(-c2ccc(-c3ccc(N(c4ccccc4)c4ccc(-c5ccc(N(c6ccc(-c7ccccc7)cc6)c6ccc(-c7ccccc7)cc6)cc5)cc4)cc3)cc2)cc1)C(F)(F)F. The molecule has 5 nitrogen and oxygen atoms in total. The number of anilines is 6. The average molecular weight is 941 g/mol. The normalized spacial score (nSPS) is 11.5. The standard InChI is InChI=1S/C61H43F3N2O3S/c62-61(63,64)70(67,68)69-60-42-30-53(31-43-60)47-18-16-46(17-19-47)50-24-36-55(37-25-50)65(54-14-8-3-9-15-54)56-38-26-51(27-39-56)52-28-40-59(41-29-52)66(57-32-20-48(21-33-57)44-10-4-1-5-11-44)58-34-22-49(23-35-58)45-12-6-2-7-13-45/h1-43H. The first-order chi connectivity index (χ1) is 34.1. The number of alkyl halides is 3. The minimum atomic E-state index is -5.75. The fourth-order valence-electron chi connectivity index (χ4n) is 8.48. The first kappa shape index (κ1) is 45.1. The van der Waals surface area contributed by atoms with Gasteiger partial charge in [-0.1, -0.05) is 176 Å². The van der Waals surface area contributed by atoms with E-state index in [9.17, 15) is 21.6 Å². The van der Waals surface area contributed by atoms with E-state index < -0.39 is 21.4 Å². The first-order valence-corrected chi connectivity index (χ1v) is 24.0. The Morgan fingerprint density at radius 1 is 0.271 bits per heavy atom. The lowest BCUT2D eigenvalue weighted by Crippen LogP contribution is -2.28. The van der Waals surface area contributed by atoms with Gasteiger partial charge in [-0.05, 0) is 141 Å². The van der Waals surface area contributed by atoms with Crippen LogP contribution in [0.15, 0.2) is 261 Å². The van der Waals surface area contributed by atoms with Crippen molar-refractivity contribution in [3.63, 3.8) is 0 Å². The summed E-state index contributed by atoms with van der Waals surface area (Å²) in [6.45, 7) is 0. The van der Waals surface area contributed by atoms with E-state index in [2.05, 4.69) is 196 Å². The van der Waals surface area contributed by atoms with Gasteiger partial charge < -0.3 is 14.0 Å². The summed E-state index contributed by atoms with van der Waals surface area (Å²) in [5.74, 6) is -0.421. The number of para-hydroxylation sites is 1. The van der Waals surface area contributed by atoms with Gasteiger partial charge in [0.15, 0.2) is 0 Å². The molecule has 10 aromatic rings. The molecule has 0 aromatic heterocycles. The zero-order chi connectivity index (χ0) is 48.1.